The van der Waals surface area contributed by atoms with E-state index in [0.29, 0.717) is 6.54 Å². The van der Waals surface area contributed by atoms with E-state index in [-0.39, 0.29) is 28.6 Å². The molecule has 30 heavy (non-hydrogen) atoms. The van der Waals surface area contributed by atoms with Crippen LogP contribution in [0.5, 0.6) is 5.88 Å². The van der Waals surface area contributed by atoms with Crippen molar-refractivity contribution >= 4 is 28.5 Å². The molecule has 0 unspecified atom stereocenters. The molecule has 0 saturated carbocycles. The van der Waals surface area contributed by atoms with Gasteiger partial charge in [-0.3, -0.25) is 5.32 Å². The number of aromatic carboxylic acids is 1. The minimum absolute atomic E-state index is 0.0584. The van der Waals surface area contributed by atoms with Crippen molar-refractivity contribution < 1.29 is 23.8 Å². The van der Waals surface area contributed by atoms with Crippen LogP contribution in [0.15, 0.2) is 18.2 Å². The van der Waals surface area contributed by atoms with Gasteiger partial charge >= 0.3 is 12.0 Å². The Morgan fingerprint density at radius 2 is 2.03 bits per heavy atom. The number of anilines is 1. The van der Waals surface area contributed by atoms with Gasteiger partial charge in [-0.25, -0.2) is 14.0 Å². The fourth-order valence-electron chi connectivity index (χ4n) is 2.76. The Labute approximate surface area is 179 Å². The summed E-state index contributed by atoms with van der Waals surface area (Å²) in [5.74, 6) is -1.89. The van der Waals surface area contributed by atoms with Gasteiger partial charge in [0.25, 0.3) is 0 Å². The quantitative estimate of drug-likeness (QED) is 0.462. The summed E-state index contributed by atoms with van der Waals surface area (Å²) < 4.78 is 23.3. The summed E-state index contributed by atoms with van der Waals surface area (Å²) in [5.41, 5.74) is 0.793. The lowest BCUT2D eigenvalue weighted by molar-refractivity contribution is 0.0693. The number of amides is 2. The lowest BCUT2D eigenvalue weighted by Crippen LogP contribution is -2.32. The van der Waals surface area contributed by atoms with E-state index in [4.69, 9.17) is 4.74 Å². The molecule has 2 rings (SSSR count). The number of carboxylic acid groups (broad SMARTS) is 1. The van der Waals surface area contributed by atoms with Gasteiger partial charge in [0, 0.05) is 12.1 Å². The first kappa shape index (κ1) is 23.6. The van der Waals surface area contributed by atoms with E-state index >= 15 is 0 Å². The largest absolute Gasteiger partial charge is 0.477 e. The maximum Gasteiger partial charge on any atom is 0.344 e. The van der Waals surface area contributed by atoms with Crippen LogP contribution >= 0.6 is 11.5 Å². The van der Waals surface area contributed by atoms with E-state index in [0.717, 1.165) is 43.2 Å². The van der Waals surface area contributed by atoms with Crippen molar-refractivity contribution in [2.45, 2.75) is 33.8 Å². The minimum Gasteiger partial charge on any atom is -0.477 e. The molecule has 10 heteroatoms. The predicted octanol–water partition coefficient (Wildman–Crippen LogP) is 3.72. The highest BCUT2D eigenvalue weighted by Gasteiger charge is 2.23. The lowest BCUT2D eigenvalue weighted by Gasteiger charge is -2.17. The number of hydrogen-bond donors (Lipinski definition) is 3. The molecule has 0 fully saturated rings. The Morgan fingerprint density at radius 3 is 2.67 bits per heavy atom. The number of ether oxygens (including phenoxy) is 1. The van der Waals surface area contributed by atoms with Crippen LogP contribution in [0.4, 0.5) is 14.2 Å². The number of halogens is 1. The number of nitrogens with zero attached hydrogens (tertiary/aromatic N) is 2. The fourth-order valence-corrected chi connectivity index (χ4v) is 3.48. The number of hydrogen-bond acceptors (Lipinski definition) is 6. The monoisotopic (exact) mass is 438 g/mol. The molecule has 0 atom stereocenters. The molecule has 0 radical (unpaired) electrons. The molecule has 0 spiro atoms. The van der Waals surface area contributed by atoms with Crippen LogP contribution in [-0.4, -0.2) is 52.6 Å². The van der Waals surface area contributed by atoms with Gasteiger partial charge in [-0.15, -0.1) is 0 Å². The molecular formula is C20H27FN4O4S. The van der Waals surface area contributed by atoms with Gasteiger partial charge in [0.2, 0.25) is 5.88 Å². The molecule has 1 aromatic heterocycles. The van der Waals surface area contributed by atoms with Crippen molar-refractivity contribution in [3.05, 3.63) is 40.7 Å². The predicted molar refractivity (Wildman–Crippen MR) is 114 cm³/mol. The third-order valence-electron chi connectivity index (χ3n) is 4.51. The molecule has 2 amide bonds. The number of urea groups is 1. The average Bonchev–Trinajstić information content (AvgIpc) is 3.10. The van der Waals surface area contributed by atoms with Crippen molar-refractivity contribution in [3.63, 3.8) is 0 Å². The Hall–Kier alpha value is -2.72. The van der Waals surface area contributed by atoms with Crippen molar-refractivity contribution in [1.29, 1.82) is 0 Å². The second-order valence-electron chi connectivity index (χ2n) is 6.64. The number of benzene rings is 1. The molecule has 0 aliphatic heterocycles. The van der Waals surface area contributed by atoms with E-state index in [2.05, 4.69) is 33.8 Å². The average molecular weight is 439 g/mol. The number of nitrogens with one attached hydrogen (secondary N) is 2. The molecule has 1 heterocycles. The third-order valence-corrected chi connectivity index (χ3v) is 5.25. The van der Waals surface area contributed by atoms with Crippen LogP contribution in [0.1, 0.15) is 41.8 Å². The zero-order chi connectivity index (χ0) is 22.1. The Kier molecular flexibility index (Phi) is 9.00. The van der Waals surface area contributed by atoms with Crippen molar-refractivity contribution in [2.75, 3.05) is 31.5 Å². The summed E-state index contributed by atoms with van der Waals surface area (Å²) in [6, 6.07) is 4.16. The number of aromatic nitrogens is 1. The first-order chi connectivity index (χ1) is 14.3. The van der Waals surface area contributed by atoms with E-state index in [9.17, 15) is 19.1 Å². The molecule has 0 bridgehead atoms. The smallest absolute Gasteiger partial charge is 0.344 e. The van der Waals surface area contributed by atoms with Crippen LogP contribution in [-0.2, 0) is 6.61 Å². The molecule has 2 aromatic rings. The summed E-state index contributed by atoms with van der Waals surface area (Å²) in [6.45, 7) is 8.96. The summed E-state index contributed by atoms with van der Waals surface area (Å²) in [4.78, 5) is 26.0. The first-order valence-electron chi connectivity index (χ1n) is 9.73. The van der Waals surface area contributed by atoms with Gasteiger partial charge in [-0.05, 0) is 56.1 Å². The number of carboxylic acids is 1. The maximum atomic E-state index is 14.0. The topological polar surface area (TPSA) is 104 Å². The first-order valence-corrected chi connectivity index (χ1v) is 10.5. The number of carbonyl (C=O) groups is 2. The van der Waals surface area contributed by atoms with E-state index in [1.165, 1.54) is 6.07 Å². The van der Waals surface area contributed by atoms with Gasteiger partial charge in [0.15, 0.2) is 5.56 Å². The zero-order valence-corrected chi connectivity index (χ0v) is 18.1. The van der Waals surface area contributed by atoms with Crippen LogP contribution in [0.25, 0.3) is 0 Å². The number of aryl methyl sites for hydroxylation is 1. The van der Waals surface area contributed by atoms with Gasteiger partial charge in [0.05, 0.1) is 0 Å². The standard InChI is InChI=1S/C20H27FN4O4S/c1-4-25(5-2)10-6-9-22-20(28)23-18-16(19(26)27)17(24-30-18)29-12-14-8-7-13(3)11-15(14)21/h7-8,11H,4-6,9-10,12H2,1-3H3,(H,26,27)(H2,22,23,28). The normalized spacial score (nSPS) is 10.8. The van der Waals surface area contributed by atoms with Crippen LogP contribution < -0.4 is 15.4 Å². The highest BCUT2D eigenvalue weighted by molar-refractivity contribution is 7.11. The van der Waals surface area contributed by atoms with Gasteiger partial charge < -0.3 is 20.1 Å². The van der Waals surface area contributed by atoms with Gasteiger partial charge in [0.1, 0.15) is 17.4 Å². The van der Waals surface area contributed by atoms with Crippen LogP contribution in [0.2, 0.25) is 0 Å². The summed E-state index contributed by atoms with van der Waals surface area (Å²) >= 11 is 0.796. The maximum absolute atomic E-state index is 14.0. The Morgan fingerprint density at radius 1 is 1.30 bits per heavy atom. The third kappa shape index (κ3) is 6.67. The summed E-state index contributed by atoms with van der Waals surface area (Å²) in [7, 11) is 0. The van der Waals surface area contributed by atoms with Gasteiger partial charge in [-0.2, -0.15) is 4.37 Å². The summed E-state index contributed by atoms with van der Waals surface area (Å²) in [5, 5.41) is 14.8. The van der Waals surface area contributed by atoms with Gasteiger partial charge in [-0.1, -0.05) is 26.0 Å². The second kappa shape index (κ2) is 11.5. The molecule has 0 aliphatic rings. The highest BCUT2D eigenvalue weighted by atomic mass is 32.1. The lowest BCUT2D eigenvalue weighted by atomic mass is 10.1. The van der Waals surface area contributed by atoms with Crippen molar-refractivity contribution in [1.82, 2.24) is 14.6 Å². The number of rotatable bonds is 11. The molecule has 8 nitrogen and oxygen atoms in total. The second-order valence-corrected chi connectivity index (χ2v) is 7.42. The fraction of sp³-hybridized carbons (Fsp3) is 0.450. The van der Waals surface area contributed by atoms with E-state index < -0.39 is 17.8 Å². The molecular weight excluding hydrogens is 411 g/mol. The van der Waals surface area contributed by atoms with Crippen molar-refractivity contribution in [3.8, 4) is 5.88 Å². The summed E-state index contributed by atoms with van der Waals surface area (Å²) in [6.07, 6.45) is 0.778. The molecule has 1 aromatic carbocycles. The molecule has 0 aliphatic carbocycles. The van der Waals surface area contributed by atoms with Crippen LogP contribution in [0.3, 0.4) is 0 Å². The Bertz CT molecular complexity index is 870. The number of carbonyl (C=O) groups excluding carboxylic acids is 1. The Balaban J connectivity index is 1.94. The van der Waals surface area contributed by atoms with Crippen molar-refractivity contribution in [2.24, 2.45) is 0 Å². The zero-order valence-electron chi connectivity index (χ0n) is 17.3. The van der Waals surface area contributed by atoms with E-state index in [1.54, 1.807) is 19.1 Å². The minimum atomic E-state index is -1.29. The SMILES string of the molecule is CCN(CC)CCCNC(=O)Nc1snc(OCc2ccc(C)cc2F)c1C(=O)O. The van der Waals surface area contributed by atoms with E-state index in [1.807, 2.05) is 0 Å². The molecule has 164 valence electrons. The highest BCUT2D eigenvalue weighted by Crippen LogP contribution is 2.31. The molecule has 3 N–H and O–H groups in total. The van der Waals surface area contributed by atoms with Crippen LogP contribution in [0, 0.1) is 12.7 Å². The molecule has 0 saturated heterocycles.